The summed E-state index contributed by atoms with van der Waals surface area (Å²) >= 11 is 6.15. The largest absolute Gasteiger partial charge is 0.394 e. The van der Waals surface area contributed by atoms with Gasteiger partial charge in [0.2, 0.25) is 5.95 Å². The number of rotatable bonds is 6. The molecule has 1 aliphatic rings. The Bertz CT molecular complexity index is 401. The average molecular weight is 272 g/mol. The van der Waals surface area contributed by atoms with Gasteiger partial charge in [-0.25, -0.2) is 9.97 Å². The lowest BCUT2D eigenvalue weighted by Crippen LogP contribution is -2.15. The maximum Gasteiger partial charge on any atom is 0.224 e. The monoisotopic (exact) mass is 271 g/mol. The number of nitrogens with one attached hydrogen (secondary N) is 1. The van der Waals surface area contributed by atoms with Crippen molar-refractivity contribution in [3.8, 4) is 0 Å². The molecule has 0 amide bonds. The topological polar surface area (TPSA) is 67.3 Å². The molecule has 0 aliphatic heterocycles. The van der Waals surface area contributed by atoms with Crippen molar-refractivity contribution in [2.75, 3.05) is 31.7 Å². The fourth-order valence-corrected chi connectivity index (χ4v) is 2.31. The van der Waals surface area contributed by atoms with Gasteiger partial charge < -0.3 is 15.2 Å². The van der Waals surface area contributed by atoms with Crippen molar-refractivity contribution in [3.05, 3.63) is 16.4 Å². The van der Waals surface area contributed by atoms with E-state index >= 15 is 0 Å². The summed E-state index contributed by atoms with van der Waals surface area (Å²) in [6.45, 7) is 1.52. The molecule has 0 saturated heterocycles. The highest BCUT2D eigenvalue weighted by molar-refractivity contribution is 6.30. The van der Waals surface area contributed by atoms with E-state index in [1.54, 1.807) is 0 Å². The van der Waals surface area contributed by atoms with Crippen LogP contribution in [0.2, 0.25) is 5.15 Å². The molecule has 1 aromatic rings. The van der Waals surface area contributed by atoms with E-state index < -0.39 is 0 Å². The molecule has 0 aromatic carbocycles. The molecule has 100 valence electrons. The van der Waals surface area contributed by atoms with E-state index in [-0.39, 0.29) is 6.61 Å². The van der Waals surface area contributed by atoms with Crippen LogP contribution in [0.15, 0.2) is 0 Å². The van der Waals surface area contributed by atoms with Crippen molar-refractivity contribution in [1.29, 1.82) is 0 Å². The number of aromatic nitrogens is 2. The molecule has 2 rings (SSSR count). The first kappa shape index (κ1) is 13.5. The smallest absolute Gasteiger partial charge is 0.224 e. The Kier molecular flexibility index (Phi) is 5.16. The summed E-state index contributed by atoms with van der Waals surface area (Å²) in [6, 6.07) is 0. The van der Waals surface area contributed by atoms with Gasteiger partial charge in [-0.05, 0) is 25.7 Å². The minimum atomic E-state index is 0.0428. The molecule has 1 aliphatic carbocycles. The summed E-state index contributed by atoms with van der Waals surface area (Å²) < 4.78 is 5.15. The van der Waals surface area contributed by atoms with Crippen LogP contribution in [-0.4, -0.2) is 41.4 Å². The number of aliphatic hydroxyl groups excluding tert-OH is 1. The zero-order valence-electron chi connectivity index (χ0n) is 10.3. The second-order valence-corrected chi connectivity index (χ2v) is 4.59. The van der Waals surface area contributed by atoms with Crippen molar-refractivity contribution in [1.82, 2.24) is 9.97 Å². The van der Waals surface area contributed by atoms with Gasteiger partial charge in [-0.3, -0.25) is 0 Å². The van der Waals surface area contributed by atoms with E-state index in [1.807, 2.05) is 0 Å². The van der Waals surface area contributed by atoms with Crippen LogP contribution in [0.25, 0.3) is 0 Å². The Morgan fingerprint density at radius 3 is 2.89 bits per heavy atom. The summed E-state index contributed by atoms with van der Waals surface area (Å²) in [4.78, 5) is 8.72. The van der Waals surface area contributed by atoms with Gasteiger partial charge in [0.1, 0.15) is 5.15 Å². The van der Waals surface area contributed by atoms with Crippen molar-refractivity contribution in [2.45, 2.75) is 25.7 Å². The third-order valence-electron chi connectivity index (χ3n) is 2.90. The molecule has 0 radical (unpaired) electrons. The van der Waals surface area contributed by atoms with E-state index in [4.69, 9.17) is 21.4 Å². The number of hydrogen-bond donors (Lipinski definition) is 2. The van der Waals surface area contributed by atoms with Gasteiger partial charge in [-0.2, -0.15) is 0 Å². The Morgan fingerprint density at radius 2 is 2.06 bits per heavy atom. The fraction of sp³-hybridized carbons (Fsp3) is 0.667. The van der Waals surface area contributed by atoms with Gasteiger partial charge in [0, 0.05) is 12.1 Å². The fourth-order valence-electron chi connectivity index (χ4n) is 2.03. The highest BCUT2D eigenvalue weighted by atomic mass is 35.5. The molecule has 18 heavy (non-hydrogen) atoms. The number of hydrogen-bond acceptors (Lipinski definition) is 5. The molecule has 0 spiro atoms. The van der Waals surface area contributed by atoms with Crippen LogP contribution in [0.1, 0.15) is 24.1 Å². The van der Waals surface area contributed by atoms with Gasteiger partial charge in [0.25, 0.3) is 0 Å². The van der Waals surface area contributed by atoms with Crippen molar-refractivity contribution >= 4 is 17.5 Å². The van der Waals surface area contributed by atoms with E-state index in [0.29, 0.717) is 30.9 Å². The molecule has 5 nitrogen and oxygen atoms in total. The normalized spacial score (nSPS) is 14.3. The summed E-state index contributed by atoms with van der Waals surface area (Å²) in [5.41, 5.74) is 2.17. The average Bonchev–Trinajstić information content (AvgIpc) is 2.39. The maximum absolute atomic E-state index is 8.56. The Labute approximate surface area is 112 Å². The first-order valence-corrected chi connectivity index (χ1v) is 6.67. The molecule has 1 heterocycles. The number of aryl methyl sites for hydroxylation is 1. The van der Waals surface area contributed by atoms with Crippen molar-refractivity contribution in [2.24, 2.45) is 0 Å². The molecular weight excluding hydrogens is 254 g/mol. The predicted octanol–water partition coefficient (Wildman–Crippen LogP) is 1.43. The molecule has 0 fully saturated rings. The summed E-state index contributed by atoms with van der Waals surface area (Å²) in [7, 11) is 0. The van der Waals surface area contributed by atoms with Crippen LogP contribution < -0.4 is 5.32 Å². The van der Waals surface area contributed by atoms with Crippen LogP contribution in [-0.2, 0) is 17.6 Å². The molecule has 0 saturated carbocycles. The zero-order chi connectivity index (χ0) is 12.8. The summed E-state index contributed by atoms with van der Waals surface area (Å²) in [5.74, 6) is 0.563. The first-order valence-electron chi connectivity index (χ1n) is 6.29. The quantitative estimate of drug-likeness (QED) is 0.605. The molecule has 0 bridgehead atoms. The van der Waals surface area contributed by atoms with Gasteiger partial charge >= 0.3 is 0 Å². The summed E-state index contributed by atoms with van der Waals surface area (Å²) in [5, 5.41) is 12.2. The predicted molar refractivity (Wildman–Crippen MR) is 70.1 cm³/mol. The molecular formula is C12H18ClN3O2. The lowest BCUT2D eigenvalue weighted by atomic mass is 9.97. The van der Waals surface area contributed by atoms with Crippen LogP contribution in [0.4, 0.5) is 5.95 Å². The molecule has 6 heteroatoms. The standard InChI is InChI=1S/C12H18ClN3O2/c13-11-9-3-1-2-4-10(9)15-12(16-11)14-5-7-18-8-6-17/h17H,1-8H2,(H,14,15,16). The second kappa shape index (κ2) is 6.87. The lowest BCUT2D eigenvalue weighted by Gasteiger charge is -2.16. The minimum Gasteiger partial charge on any atom is -0.394 e. The number of aliphatic hydroxyl groups is 1. The van der Waals surface area contributed by atoms with Crippen LogP contribution in [0.5, 0.6) is 0 Å². The zero-order valence-corrected chi connectivity index (χ0v) is 11.0. The maximum atomic E-state index is 8.56. The van der Waals surface area contributed by atoms with Gasteiger partial charge in [-0.1, -0.05) is 11.6 Å². The van der Waals surface area contributed by atoms with Crippen molar-refractivity contribution < 1.29 is 9.84 Å². The van der Waals surface area contributed by atoms with Crippen LogP contribution in [0.3, 0.4) is 0 Å². The van der Waals surface area contributed by atoms with Gasteiger partial charge in [-0.15, -0.1) is 0 Å². The number of ether oxygens (including phenoxy) is 1. The molecule has 2 N–H and O–H groups in total. The molecule has 0 atom stereocenters. The number of halogens is 1. The highest BCUT2D eigenvalue weighted by Gasteiger charge is 2.16. The Hall–Kier alpha value is -0.910. The van der Waals surface area contributed by atoms with Crippen LogP contribution >= 0.6 is 11.6 Å². The van der Waals surface area contributed by atoms with Gasteiger partial charge in [0.15, 0.2) is 0 Å². The Balaban J connectivity index is 1.91. The van der Waals surface area contributed by atoms with Gasteiger partial charge in [0.05, 0.1) is 25.5 Å². The minimum absolute atomic E-state index is 0.0428. The Morgan fingerprint density at radius 1 is 1.22 bits per heavy atom. The van der Waals surface area contributed by atoms with Crippen molar-refractivity contribution in [3.63, 3.8) is 0 Å². The first-order chi connectivity index (χ1) is 8.81. The van der Waals surface area contributed by atoms with E-state index in [1.165, 1.54) is 6.42 Å². The molecule has 1 aromatic heterocycles. The number of nitrogens with zero attached hydrogens (tertiary/aromatic N) is 2. The van der Waals surface area contributed by atoms with E-state index in [9.17, 15) is 0 Å². The number of anilines is 1. The lowest BCUT2D eigenvalue weighted by molar-refractivity contribution is 0.0991. The highest BCUT2D eigenvalue weighted by Crippen LogP contribution is 2.26. The summed E-state index contributed by atoms with van der Waals surface area (Å²) in [6.07, 6.45) is 4.29. The molecule has 0 unspecified atom stereocenters. The third-order valence-corrected chi connectivity index (χ3v) is 3.21. The second-order valence-electron chi connectivity index (χ2n) is 4.23. The van der Waals surface area contributed by atoms with E-state index in [0.717, 1.165) is 30.5 Å². The third kappa shape index (κ3) is 3.54. The van der Waals surface area contributed by atoms with E-state index in [2.05, 4.69) is 15.3 Å². The SMILES string of the molecule is OCCOCCNc1nc(Cl)c2c(n1)CCCC2. The van der Waals surface area contributed by atoms with Crippen LogP contribution in [0, 0.1) is 0 Å². The number of fused-ring (bicyclic) bond motifs is 1.